The summed E-state index contributed by atoms with van der Waals surface area (Å²) in [6, 6.07) is 0. The molecular formula is C8H6ClN5O3S. The summed E-state index contributed by atoms with van der Waals surface area (Å²) < 4.78 is 1.24. The largest absolute Gasteiger partial charge is 0.339 e. The minimum atomic E-state index is -0.920. The molecule has 10 heteroatoms. The van der Waals surface area contributed by atoms with Crippen LogP contribution in [0.5, 0.6) is 0 Å². The minimum Gasteiger partial charge on any atom is -0.312 e. The summed E-state index contributed by atoms with van der Waals surface area (Å²) >= 11 is 6.65. The molecule has 18 heavy (non-hydrogen) atoms. The molecule has 0 saturated carbocycles. The van der Waals surface area contributed by atoms with E-state index in [0.29, 0.717) is 0 Å². The van der Waals surface area contributed by atoms with Gasteiger partial charge in [0.05, 0.1) is 6.33 Å². The third kappa shape index (κ3) is 2.36. The van der Waals surface area contributed by atoms with Gasteiger partial charge in [-0.3, -0.25) is 24.2 Å². The predicted molar refractivity (Wildman–Crippen MR) is 64.1 cm³/mol. The van der Waals surface area contributed by atoms with E-state index < -0.39 is 16.7 Å². The van der Waals surface area contributed by atoms with Crippen molar-refractivity contribution in [1.29, 1.82) is 0 Å². The lowest BCUT2D eigenvalue weighted by molar-refractivity contribution is 0.596. The Labute approximate surface area is 108 Å². The Hall–Kier alpha value is -1.87. The number of nitrogens with one attached hydrogen (secondary N) is 2. The zero-order chi connectivity index (χ0) is 13.3. The monoisotopic (exact) mass is 287 g/mol. The lowest BCUT2D eigenvalue weighted by Gasteiger charge is -2.05. The van der Waals surface area contributed by atoms with Crippen LogP contribution in [0.25, 0.3) is 0 Å². The SMILES string of the molecule is Cn1[nH]c(=O)c(=O)nc1Sc1nc[nH]c(=O)c1Cl. The summed E-state index contributed by atoms with van der Waals surface area (Å²) in [5.41, 5.74) is -2.24. The normalized spacial score (nSPS) is 10.6. The molecule has 94 valence electrons. The van der Waals surface area contributed by atoms with Gasteiger partial charge in [-0.25, -0.2) is 4.98 Å². The maximum absolute atomic E-state index is 11.2. The smallest absolute Gasteiger partial charge is 0.312 e. The summed E-state index contributed by atoms with van der Waals surface area (Å²) in [6.07, 6.45) is 1.18. The Morgan fingerprint density at radius 2 is 2.06 bits per heavy atom. The number of aromatic nitrogens is 5. The van der Waals surface area contributed by atoms with Crippen molar-refractivity contribution in [2.75, 3.05) is 0 Å². The average molecular weight is 288 g/mol. The first-order valence-electron chi connectivity index (χ1n) is 4.57. The van der Waals surface area contributed by atoms with E-state index in [4.69, 9.17) is 11.6 Å². The standard InChI is InChI=1S/C8H6ClN5O3S/c1-14-8(12-5(16)6(17)13-14)18-7-3(9)4(15)10-2-11-7/h2H,1H3,(H,13,17)(H,10,11,15). The van der Waals surface area contributed by atoms with Crippen LogP contribution in [0, 0.1) is 0 Å². The highest BCUT2D eigenvalue weighted by Crippen LogP contribution is 2.25. The molecule has 0 unspecified atom stereocenters. The van der Waals surface area contributed by atoms with Crippen molar-refractivity contribution in [3.05, 3.63) is 42.4 Å². The summed E-state index contributed by atoms with van der Waals surface area (Å²) in [5, 5.41) is 2.52. The number of hydrogen-bond donors (Lipinski definition) is 2. The van der Waals surface area contributed by atoms with Crippen molar-refractivity contribution in [2.24, 2.45) is 7.05 Å². The van der Waals surface area contributed by atoms with Gasteiger partial charge in [-0.15, -0.1) is 0 Å². The number of aromatic amines is 2. The van der Waals surface area contributed by atoms with Crippen molar-refractivity contribution in [3.8, 4) is 0 Å². The zero-order valence-corrected chi connectivity index (χ0v) is 10.5. The second-order valence-electron chi connectivity index (χ2n) is 3.15. The van der Waals surface area contributed by atoms with Crippen LogP contribution in [0.2, 0.25) is 5.02 Å². The van der Waals surface area contributed by atoms with Crippen LogP contribution in [0.1, 0.15) is 0 Å². The van der Waals surface area contributed by atoms with Crippen LogP contribution >= 0.6 is 23.4 Å². The zero-order valence-electron chi connectivity index (χ0n) is 8.93. The summed E-state index contributed by atoms with van der Waals surface area (Å²) in [7, 11) is 1.50. The topological polar surface area (TPSA) is 114 Å². The average Bonchev–Trinajstić information content (AvgIpc) is 2.32. The van der Waals surface area contributed by atoms with E-state index in [9.17, 15) is 14.4 Å². The molecule has 8 nitrogen and oxygen atoms in total. The van der Waals surface area contributed by atoms with Crippen molar-refractivity contribution >= 4 is 23.4 Å². The Bertz CT molecular complexity index is 764. The number of hydrogen-bond acceptors (Lipinski definition) is 6. The highest BCUT2D eigenvalue weighted by atomic mass is 35.5. The highest BCUT2D eigenvalue weighted by molar-refractivity contribution is 7.99. The molecule has 0 aliphatic heterocycles. The van der Waals surface area contributed by atoms with Gasteiger partial charge in [0.25, 0.3) is 5.56 Å². The fourth-order valence-corrected chi connectivity index (χ4v) is 2.07. The molecule has 0 saturated heterocycles. The molecule has 2 rings (SSSR count). The van der Waals surface area contributed by atoms with E-state index in [0.717, 1.165) is 11.8 Å². The van der Waals surface area contributed by atoms with Gasteiger partial charge in [-0.05, 0) is 11.8 Å². The fourth-order valence-electron chi connectivity index (χ4n) is 1.08. The van der Waals surface area contributed by atoms with Crippen LogP contribution in [-0.2, 0) is 7.05 Å². The van der Waals surface area contributed by atoms with E-state index in [1.165, 1.54) is 18.1 Å². The van der Waals surface area contributed by atoms with Gasteiger partial charge in [0.15, 0.2) is 5.16 Å². The van der Waals surface area contributed by atoms with E-state index in [2.05, 4.69) is 20.1 Å². The Balaban J connectivity index is 2.50. The molecule has 0 aromatic carbocycles. The van der Waals surface area contributed by atoms with Gasteiger partial charge < -0.3 is 4.98 Å². The molecule has 2 heterocycles. The molecule has 2 aromatic heterocycles. The Kier molecular flexibility index (Phi) is 3.34. The molecule has 0 fully saturated rings. The quantitative estimate of drug-likeness (QED) is 0.561. The molecule has 0 radical (unpaired) electrons. The second kappa shape index (κ2) is 4.78. The predicted octanol–water partition coefficient (Wildman–Crippen LogP) is -0.644. The van der Waals surface area contributed by atoms with Crippen LogP contribution in [0.3, 0.4) is 0 Å². The fraction of sp³-hybridized carbons (Fsp3) is 0.125. The van der Waals surface area contributed by atoms with Crippen LogP contribution in [0.15, 0.2) is 30.9 Å². The van der Waals surface area contributed by atoms with Crippen molar-refractivity contribution in [2.45, 2.75) is 10.2 Å². The summed E-state index contributed by atoms with van der Waals surface area (Å²) in [4.78, 5) is 43.1. The van der Waals surface area contributed by atoms with Crippen LogP contribution in [-0.4, -0.2) is 24.7 Å². The van der Waals surface area contributed by atoms with E-state index in [1.807, 2.05) is 0 Å². The molecule has 2 aromatic rings. The van der Waals surface area contributed by atoms with Crippen molar-refractivity contribution < 1.29 is 0 Å². The maximum atomic E-state index is 11.2. The number of rotatable bonds is 2. The van der Waals surface area contributed by atoms with E-state index in [-0.39, 0.29) is 15.2 Å². The first-order chi connectivity index (χ1) is 8.49. The van der Waals surface area contributed by atoms with Gasteiger partial charge in [0.1, 0.15) is 10.0 Å². The third-order valence-electron chi connectivity index (χ3n) is 1.90. The molecule has 0 spiro atoms. The van der Waals surface area contributed by atoms with Crippen molar-refractivity contribution in [3.63, 3.8) is 0 Å². The second-order valence-corrected chi connectivity index (χ2v) is 4.49. The molecule has 0 aliphatic carbocycles. The highest BCUT2D eigenvalue weighted by Gasteiger charge is 2.11. The molecule has 0 atom stereocenters. The molecule has 0 amide bonds. The minimum absolute atomic E-state index is 0.108. The van der Waals surface area contributed by atoms with Gasteiger partial charge in [-0.1, -0.05) is 11.6 Å². The van der Waals surface area contributed by atoms with E-state index in [1.54, 1.807) is 0 Å². The van der Waals surface area contributed by atoms with Gasteiger partial charge in [0, 0.05) is 7.05 Å². The van der Waals surface area contributed by atoms with Crippen molar-refractivity contribution in [1.82, 2.24) is 24.7 Å². The number of aryl methyl sites for hydroxylation is 1. The number of nitrogens with zero attached hydrogens (tertiary/aromatic N) is 3. The van der Waals surface area contributed by atoms with Gasteiger partial charge >= 0.3 is 11.1 Å². The van der Waals surface area contributed by atoms with E-state index >= 15 is 0 Å². The first-order valence-corrected chi connectivity index (χ1v) is 5.77. The number of halogens is 1. The first kappa shape index (κ1) is 12.6. The Morgan fingerprint density at radius 3 is 2.78 bits per heavy atom. The summed E-state index contributed by atoms with van der Waals surface area (Å²) in [6.45, 7) is 0. The molecule has 0 bridgehead atoms. The van der Waals surface area contributed by atoms with Gasteiger partial charge in [0.2, 0.25) is 0 Å². The molecule has 2 N–H and O–H groups in total. The van der Waals surface area contributed by atoms with Crippen LogP contribution in [0.4, 0.5) is 0 Å². The third-order valence-corrected chi connectivity index (χ3v) is 3.41. The lowest BCUT2D eigenvalue weighted by Crippen LogP contribution is -2.33. The maximum Gasteiger partial charge on any atom is 0.339 e. The summed E-state index contributed by atoms with van der Waals surface area (Å²) in [5.74, 6) is 0. The van der Waals surface area contributed by atoms with Crippen LogP contribution < -0.4 is 16.7 Å². The molecule has 0 aliphatic rings. The Morgan fingerprint density at radius 1 is 1.33 bits per heavy atom. The lowest BCUT2D eigenvalue weighted by atomic mass is 10.7. The number of H-pyrrole nitrogens is 2. The van der Waals surface area contributed by atoms with Gasteiger partial charge in [-0.2, -0.15) is 4.98 Å². The molecular weight excluding hydrogens is 282 g/mol.